The molecule has 26 heavy (non-hydrogen) atoms. The van der Waals surface area contributed by atoms with Gasteiger partial charge >= 0.3 is 0 Å². The van der Waals surface area contributed by atoms with Crippen LogP contribution >= 0.6 is 0 Å². The first-order valence-electron chi connectivity index (χ1n) is 7.87. The van der Waals surface area contributed by atoms with Gasteiger partial charge in [0.1, 0.15) is 24.1 Å². The van der Waals surface area contributed by atoms with Crippen molar-refractivity contribution in [1.82, 2.24) is 19.5 Å². The van der Waals surface area contributed by atoms with Gasteiger partial charge in [-0.05, 0) is 12.1 Å². The van der Waals surface area contributed by atoms with Crippen molar-refractivity contribution in [3.8, 4) is 0 Å². The van der Waals surface area contributed by atoms with E-state index in [-0.39, 0.29) is 5.82 Å². The fourth-order valence-electron chi connectivity index (χ4n) is 2.90. The Morgan fingerprint density at radius 2 is 1.92 bits per heavy atom. The normalized spacial score (nSPS) is 25.5. The van der Waals surface area contributed by atoms with Gasteiger partial charge in [0.15, 0.2) is 23.8 Å². The van der Waals surface area contributed by atoms with E-state index < -0.39 is 30.4 Å². The number of anilines is 2. The molecule has 0 unspecified atom stereocenters. The second-order valence-electron chi connectivity index (χ2n) is 5.87. The number of rotatable bonds is 3. The Labute approximate surface area is 147 Å². The van der Waals surface area contributed by atoms with Crippen LogP contribution in [-0.2, 0) is 9.53 Å². The number of aromatic nitrogens is 4. The van der Waals surface area contributed by atoms with Crippen LogP contribution in [0.4, 0.5) is 11.5 Å². The molecule has 1 amide bonds. The third kappa shape index (κ3) is 2.65. The first-order chi connectivity index (χ1) is 12.6. The van der Waals surface area contributed by atoms with Gasteiger partial charge in [-0.15, -0.1) is 0 Å². The third-order valence-electron chi connectivity index (χ3n) is 4.20. The summed E-state index contributed by atoms with van der Waals surface area (Å²) in [5.41, 5.74) is 6.98. The molecule has 5 N–H and O–H groups in total. The Kier molecular flexibility index (Phi) is 3.99. The quantitative estimate of drug-likeness (QED) is 0.498. The van der Waals surface area contributed by atoms with Crippen LogP contribution < -0.4 is 11.1 Å². The molecule has 0 aliphatic carbocycles. The van der Waals surface area contributed by atoms with Crippen LogP contribution in [0.3, 0.4) is 0 Å². The molecule has 1 saturated heterocycles. The molecule has 3 aromatic rings. The first kappa shape index (κ1) is 16.4. The minimum atomic E-state index is -1.42. The number of nitrogens with two attached hydrogens (primary N) is 1. The predicted molar refractivity (Wildman–Crippen MR) is 90.7 cm³/mol. The lowest BCUT2D eigenvalue weighted by atomic mass is 10.1. The highest BCUT2D eigenvalue weighted by molar-refractivity contribution is 5.94. The molecule has 0 radical (unpaired) electrons. The molecule has 2 aromatic heterocycles. The highest BCUT2D eigenvalue weighted by Gasteiger charge is 2.47. The lowest BCUT2D eigenvalue weighted by Crippen LogP contribution is -2.39. The minimum Gasteiger partial charge on any atom is -0.387 e. The van der Waals surface area contributed by atoms with Crippen molar-refractivity contribution < 1.29 is 19.7 Å². The highest BCUT2D eigenvalue weighted by Crippen LogP contribution is 2.32. The zero-order valence-corrected chi connectivity index (χ0v) is 13.4. The van der Waals surface area contributed by atoms with Crippen LogP contribution in [0, 0.1) is 0 Å². The van der Waals surface area contributed by atoms with E-state index in [9.17, 15) is 15.0 Å². The molecule has 1 aliphatic rings. The Bertz CT molecular complexity index is 946. The van der Waals surface area contributed by atoms with Crippen LogP contribution in [0.5, 0.6) is 0 Å². The number of carbonyl (C=O) groups is 1. The molecule has 10 heteroatoms. The van der Waals surface area contributed by atoms with Crippen LogP contribution in [0.1, 0.15) is 6.23 Å². The van der Waals surface area contributed by atoms with Gasteiger partial charge in [0, 0.05) is 5.69 Å². The Morgan fingerprint density at radius 3 is 2.69 bits per heavy atom. The molecule has 3 heterocycles. The predicted octanol–water partition coefficient (Wildman–Crippen LogP) is -0.334. The zero-order chi connectivity index (χ0) is 18.3. The number of nitrogens with zero attached hydrogens (tertiary/aromatic N) is 4. The number of aliphatic hydroxyl groups is 2. The minimum absolute atomic E-state index is 0.181. The first-order valence-corrected chi connectivity index (χ1v) is 7.87. The summed E-state index contributed by atoms with van der Waals surface area (Å²) in [5, 5.41) is 23.3. The van der Waals surface area contributed by atoms with Crippen molar-refractivity contribution >= 4 is 28.6 Å². The fraction of sp³-hybridized carbons (Fsp3) is 0.250. The molecule has 0 bridgehead atoms. The highest BCUT2D eigenvalue weighted by atomic mass is 16.6. The lowest BCUT2D eigenvalue weighted by molar-refractivity contribution is -0.132. The summed E-state index contributed by atoms with van der Waals surface area (Å²) < 4.78 is 7.04. The summed E-state index contributed by atoms with van der Waals surface area (Å²) in [6, 6.07) is 8.75. The largest absolute Gasteiger partial charge is 0.387 e. The number of para-hydroxylation sites is 1. The maximum atomic E-state index is 12.4. The van der Waals surface area contributed by atoms with Crippen molar-refractivity contribution in [2.45, 2.75) is 24.5 Å². The summed E-state index contributed by atoms with van der Waals surface area (Å²) in [6.45, 7) is 0. The molecule has 4 atom stereocenters. The van der Waals surface area contributed by atoms with Gasteiger partial charge in [0.2, 0.25) is 0 Å². The van der Waals surface area contributed by atoms with E-state index in [4.69, 9.17) is 10.5 Å². The number of aliphatic hydroxyl groups excluding tert-OH is 2. The maximum Gasteiger partial charge on any atom is 0.256 e. The average molecular weight is 356 g/mol. The molecule has 4 rings (SSSR count). The molecule has 134 valence electrons. The fourth-order valence-corrected chi connectivity index (χ4v) is 2.90. The number of benzene rings is 1. The molecule has 1 aliphatic heterocycles. The number of nitrogen functional groups attached to an aromatic ring is 1. The van der Waals surface area contributed by atoms with Crippen LogP contribution in [-0.4, -0.2) is 54.0 Å². The van der Waals surface area contributed by atoms with Crippen molar-refractivity contribution in [1.29, 1.82) is 0 Å². The zero-order valence-electron chi connectivity index (χ0n) is 13.4. The SMILES string of the molecule is Nc1ncnc2c1ncn2[C@@H]1O[C@H](C(=O)Nc2ccccc2)[C@@H](O)[C@H]1O. The van der Waals surface area contributed by atoms with E-state index in [1.165, 1.54) is 17.2 Å². The molecule has 10 nitrogen and oxygen atoms in total. The van der Waals surface area contributed by atoms with Gasteiger partial charge in [-0.3, -0.25) is 9.36 Å². The number of hydrogen-bond acceptors (Lipinski definition) is 8. The van der Waals surface area contributed by atoms with Crippen LogP contribution in [0.2, 0.25) is 0 Å². The number of imidazole rings is 1. The summed E-state index contributed by atoms with van der Waals surface area (Å²) >= 11 is 0. The summed E-state index contributed by atoms with van der Waals surface area (Å²) in [7, 11) is 0. The number of amides is 1. The van der Waals surface area contributed by atoms with Gasteiger partial charge in [0.25, 0.3) is 5.91 Å². The lowest BCUT2D eigenvalue weighted by Gasteiger charge is -2.16. The molecular formula is C16H16N6O4. The second kappa shape index (κ2) is 6.33. The average Bonchev–Trinajstić information content (AvgIpc) is 3.19. The number of fused-ring (bicyclic) bond motifs is 1. The molecule has 0 saturated carbocycles. The summed E-state index contributed by atoms with van der Waals surface area (Å²) in [6.07, 6.45) is -2.45. The second-order valence-corrected chi connectivity index (χ2v) is 5.87. The van der Waals surface area contributed by atoms with Crippen LogP contribution in [0.25, 0.3) is 11.2 Å². The van der Waals surface area contributed by atoms with Crippen LogP contribution in [0.15, 0.2) is 43.0 Å². The molecule has 1 fully saturated rings. The Morgan fingerprint density at radius 1 is 1.15 bits per heavy atom. The topological polar surface area (TPSA) is 148 Å². The Hall–Kier alpha value is -3.08. The Balaban J connectivity index is 1.59. The van der Waals surface area contributed by atoms with E-state index in [1.54, 1.807) is 24.3 Å². The number of nitrogens with one attached hydrogen (secondary N) is 1. The summed E-state index contributed by atoms with van der Waals surface area (Å²) in [5.74, 6) is -0.385. The van der Waals surface area contributed by atoms with Crippen molar-refractivity contribution in [2.24, 2.45) is 0 Å². The molecule has 0 spiro atoms. The maximum absolute atomic E-state index is 12.4. The van der Waals surface area contributed by atoms with Crippen molar-refractivity contribution in [3.05, 3.63) is 43.0 Å². The number of hydrogen-bond donors (Lipinski definition) is 4. The van der Waals surface area contributed by atoms with Gasteiger partial charge in [-0.2, -0.15) is 0 Å². The standard InChI is InChI=1S/C16H16N6O4/c17-13-9-14(19-6-18-13)22(7-20-9)16-11(24)10(23)12(26-16)15(25)21-8-4-2-1-3-5-8/h1-7,10-12,16,23-24H,(H,21,25)(H2,17,18,19)/t10-,11+,12-,16+/m0/s1. The van der Waals surface area contributed by atoms with Gasteiger partial charge in [0.05, 0.1) is 6.33 Å². The van der Waals surface area contributed by atoms with Gasteiger partial charge in [-0.25, -0.2) is 15.0 Å². The van der Waals surface area contributed by atoms with Crippen molar-refractivity contribution in [2.75, 3.05) is 11.1 Å². The van der Waals surface area contributed by atoms with Gasteiger partial charge in [-0.1, -0.05) is 18.2 Å². The van der Waals surface area contributed by atoms with E-state index in [0.29, 0.717) is 16.9 Å². The molecular weight excluding hydrogens is 340 g/mol. The summed E-state index contributed by atoms with van der Waals surface area (Å²) in [4.78, 5) is 24.5. The van der Waals surface area contributed by atoms with E-state index in [2.05, 4.69) is 20.3 Å². The van der Waals surface area contributed by atoms with Crippen molar-refractivity contribution in [3.63, 3.8) is 0 Å². The third-order valence-corrected chi connectivity index (χ3v) is 4.20. The molecule has 1 aromatic carbocycles. The van der Waals surface area contributed by atoms with E-state index in [0.717, 1.165) is 0 Å². The number of ether oxygens (including phenoxy) is 1. The smallest absolute Gasteiger partial charge is 0.256 e. The number of carbonyl (C=O) groups excluding carboxylic acids is 1. The van der Waals surface area contributed by atoms with E-state index in [1.807, 2.05) is 6.07 Å². The van der Waals surface area contributed by atoms with Gasteiger partial charge < -0.3 is 26.0 Å². The monoisotopic (exact) mass is 356 g/mol. The van der Waals surface area contributed by atoms with E-state index >= 15 is 0 Å².